The molecule has 0 saturated carbocycles. The fourth-order valence-electron chi connectivity index (χ4n) is 4.63. The number of nitrogens with zero attached hydrogens (tertiary/aromatic N) is 4. The van der Waals surface area contributed by atoms with E-state index in [0.29, 0.717) is 25.9 Å². The van der Waals surface area contributed by atoms with Crippen LogP contribution in [0.5, 0.6) is 0 Å². The highest BCUT2D eigenvalue weighted by atomic mass is 35.5. The maximum Gasteiger partial charge on any atom is 0.256 e. The van der Waals surface area contributed by atoms with E-state index in [-0.39, 0.29) is 28.0 Å². The van der Waals surface area contributed by atoms with Crippen LogP contribution in [0.25, 0.3) is 5.82 Å². The van der Waals surface area contributed by atoms with Crippen molar-refractivity contribution in [2.75, 3.05) is 18.4 Å². The molecule has 1 spiro atoms. The lowest BCUT2D eigenvalue weighted by molar-refractivity contribution is 0.0671. The average molecular weight is 440 g/mol. The highest BCUT2D eigenvalue weighted by Gasteiger charge is 2.44. The highest BCUT2D eigenvalue weighted by molar-refractivity contribution is 6.30. The van der Waals surface area contributed by atoms with E-state index in [1.807, 2.05) is 18.3 Å². The molecule has 1 N–H and O–H groups in total. The molecule has 0 aliphatic carbocycles. The third-order valence-electron chi connectivity index (χ3n) is 6.23. The summed E-state index contributed by atoms with van der Waals surface area (Å²) in [5.41, 5.74) is 1.72. The van der Waals surface area contributed by atoms with Gasteiger partial charge in [0.2, 0.25) is 0 Å². The molecule has 2 aliphatic heterocycles. The van der Waals surface area contributed by atoms with Crippen molar-refractivity contribution in [3.63, 3.8) is 0 Å². The summed E-state index contributed by atoms with van der Waals surface area (Å²) in [4.78, 5) is 24.0. The Morgan fingerprint density at radius 3 is 2.71 bits per heavy atom. The quantitative estimate of drug-likeness (QED) is 0.626. The topological polar surface area (TPSA) is 63.1 Å². The van der Waals surface area contributed by atoms with Crippen molar-refractivity contribution in [1.29, 1.82) is 0 Å². The summed E-state index contributed by atoms with van der Waals surface area (Å²) in [7, 11) is 0. The Morgan fingerprint density at radius 1 is 1.23 bits per heavy atom. The van der Waals surface area contributed by atoms with Crippen LogP contribution in [-0.4, -0.2) is 38.4 Å². The van der Waals surface area contributed by atoms with Crippen LogP contribution in [0.1, 0.15) is 54.5 Å². The summed E-state index contributed by atoms with van der Waals surface area (Å²) >= 11 is 5.83. The van der Waals surface area contributed by atoms with Crippen molar-refractivity contribution in [1.82, 2.24) is 19.4 Å². The first kappa shape index (κ1) is 20.0. The number of carbonyl (C=O) groups excluding carboxylic acids is 1. The molecule has 2 aliphatic rings. The van der Waals surface area contributed by atoms with Gasteiger partial charge >= 0.3 is 0 Å². The van der Waals surface area contributed by atoms with E-state index in [1.54, 1.807) is 17.2 Å². The van der Waals surface area contributed by atoms with E-state index in [1.165, 1.54) is 12.1 Å². The number of likely N-dealkylation sites (tertiary alicyclic amines) is 1. The van der Waals surface area contributed by atoms with Gasteiger partial charge in [0.15, 0.2) is 5.82 Å². The molecule has 0 unspecified atom stereocenters. The number of hydrogen-bond donors (Lipinski definition) is 1. The molecule has 1 fully saturated rings. The zero-order valence-corrected chi connectivity index (χ0v) is 18.2. The molecule has 5 rings (SSSR count). The van der Waals surface area contributed by atoms with E-state index in [0.717, 1.165) is 23.0 Å². The summed E-state index contributed by atoms with van der Waals surface area (Å²) in [5.74, 6) is 1.17. The first-order chi connectivity index (χ1) is 14.9. The van der Waals surface area contributed by atoms with Gasteiger partial charge in [0.25, 0.3) is 5.91 Å². The predicted molar refractivity (Wildman–Crippen MR) is 117 cm³/mol. The summed E-state index contributed by atoms with van der Waals surface area (Å²) in [6.07, 6.45) is 5.08. The van der Waals surface area contributed by atoms with Crippen LogP contribution >= 0.6 is 11.6 Å². The molecule has 0 atom stereocenters. The Kier molecular flexibility index (Phi) is 4.73. The molecule has 4 heterocycles. The van der Waals surface area contributed by atoms with E-state index in [9.17, 15) is 9.18 Å². The lowest BCUT2D eigenvalue weighted by Crippen LogP contribution is -2.51. The van der Waals surface area contributed by atoms with E-state index in [4.69, 9.17) is 16.6 Å². The Balaban J connectivity index is 1.46. The van der Waals surface area contributed by atoms with Crippen molar-refractivity contribution >= 4 is 23.2 Å². The van der Waals surface area contributed by atoms with Crippen LogP contribution in [0, 0.1) is 5.82 Å². The van der Waals surface area contributed by atoms with E-state index in [2.05, 4.69) is 28.7 Å². The zero-order valence-electron chi connectivity index (χ0n) is 17.4. The number of piperidine rings is 1. The first-order valence-corrected chi connectivity index (χ1v) is 10.8. The minimum atomic E-state index is -0.590. The number of rotatable bonds is 2. The number of benzene rings is 1. The second kappa shape index (κ2) is 7.34. The van der Waals surface area contributed by atoms with Gasteiger partial charge in [-0.15, -0.1) is 0 Å². The van der Waals surface area contributed by atoms with Crippen LogP contribution < -0.4 is 5.32 Å². The number of carbonyl (C=O) groups is 1. The molecule has 0 radical (unpaired) electrons. The standard InChI is InChI=1S/C23H23ClFN5O/c1-14(2)20-27-13-19-23(28-18-4-3-9-26-21(18)30(19)20)7-10-29(11-8-23)22(31)16-6-5-15(24)12-17(16)25/h3-6,9,12-14,28H,7-8,10-11H2,1-2H3. The van der Waals surface area contributed by atoms with Gasteiger partial charge in [0.1, 0.15) is 11.6 Å². The molecule has 1 saturated heterocycles. The number of halogens is 2. The third-order valence-corrected chi connectivity index (χ3v) is 6.47. The smallest absolute Gasteiger partial charge is 0.256 e. The fraction of sp³-hybridized carbons (Fsp3) is 0.348. The highest BCUT2D eigenvalue weighted by Crippen LogP contribution is 2.44. The lowest BCUT2D eigenvalue weighted by atomic mass is 9.82. The van der Waals surface area contributed by atoms with Crippen LogP contribution in [0.4, 0.5) is 10.1 Å². The Bertz CT molecular complexity index is 1170. The molecule has 2 aromatic heterocycles. The Hall–Kier alpha value is -2.93. The van der Waals surface area contributed by atoms with E-state index >= 15 is 0 Å². The fourth-order valence-corrected chi connectivity index (χ4v) is 4.79. The van der Waals surface area contributed by atoms with Gasteiger partial charge < -0.3 is 10.2 Å². The number of aromatic nitrogens is 3. The summed E-state index contributed by atoms with van der Waals surface area (Å²) in [6, 6.07) is 8.12. The van der Waals surface area contributed by atoms with Gasteiger partial charge in [-0.1, -0.05) is 25.4 Å². The van der Waals surface area contributed by atoms with Crippen LogP contribution in [0.3, 0.4) is 0 Å². The van der Waals surface area contributed by atoms with Crippen molar-refractivity contribution < 1.29 is 9.18 Å². The van der Waals surface area contributed by atoms with Gasteiger partial charge in [-0.2, -0.15) is 0 Å². The maximum atomic E-state index is 14.3. The first-order valence-electron chi connectivity index (χ1n) is 10.5. The maximum absolute atomic E-state index is 14.3. The van der Waals surface area contributed by atoms with Crippen LogP contribution in [-0.2, 0) is 5.54 Å². The molecule has 1 aromatic carbocycles. The monoisotopic (exact) mass is 439 g/mol. The van der Waals surface area contributed by atoms with Gasteiger partial charge in [0.05, 0.1) is 28.7 Å². The lowest BCUT2D eigenvalue weighted by Gasteiger charge is -2.45. The number of hydrogen-bond acceptors (Lipinski definition) is 4. The normalized spacial score (nSPS) is 16.7. The summed E-state index contributed by atoms with van der Waals surface area (Å²) in [6.45, 7) is 5.25. The molecule has 8 heteroatoms. The second-order valence-corrected chi connectivity index (χ2v) is 8.93. The molecule has 1 amide bonds. The molecular formula is C23H23ClFN5O. The Labute approximate surface area is 185 Å². The predicted octanol–water partition coefficient (Wildman–Crippen LogP) is 4.74. The van der Waals surface area contributed by atoms with Crippen LogP contribution in [0.2, 0.25) is 5.02 Å². The van der Waals surface area contributed by atoms with Crippen LogP contribution in [0.15, 0.2) is 42.7 Å². The van der Waals surface area contributed by atoms with Gasteiger partial charge in [-0.3, -0.25) is 9.36 Å². The molecule has 0 bridgehead atoms. The largest absolute Gasteiger partial charge is 0.371 e. The minimum Gasteiger partial charge on any atom is -0.371 e. The molecule has 3 aromatic rings. The number of amides is 1. The number of fused-ring (bicyclic) bond motifs is 4. The van der Waals surface area contributed by atoms with Gasteiger partial charge in [0, 0.05) is 30.2 Å². The van der Waals surface area contributed by atoms with Gasteiger partial charge in [-0.05, 0) is 43.2 Å². The molecule has 160 valence electrons. The number of anilines is 1. The zero-order chi connectivity index (χ0) is 21.8. The number of pyridine rings is 1. The molecule has 6 nitrogen and oxygen atoms in total. The van der Waals surface area contributed by atoms with Gasteiger partial charge in [-0.25, -0.2) is 14.4 Å². The number of imidazole rings is 1. The number of nitrogens with one attached hydrogen (secondary N) is 1. The summed E-state index contributed by atoms with van der Waals surface area (Å²) in [5, 5.41) is 3.96. The van der Waals surface area contributed by atoms with E-state index < -0.39 is 5.82 Å². The van der Waals surface area contributed by atoms with Crippen molar-refractivity contribution in [2.45, 2.75) is 38.1 Å². The minimum absolute atomic E-state index is 0.0543. The molecular weight excluding hydrogens is 417 g/mol. The Morgan fingerprint density at radius 2 is 2.00 bits per heavy atom. The second-order valence-electron chi connectivity index (χ2n) is 8.49. The van der Waals surface area contributed by atoms with Crippen molar-refractivity contribution in [3.8, 4) is 5.82 Å². The van der Waals surface area contributed by atoms with Crippen molar-refractivity contribution in [3.05, 3.63) is 70.6 Å². The SMILES string of the molecule is CC(C)c1ncc2n1-c1ncccc1NC21CCN(C(=O)c2ccc(Cl)cc2F)CC1. The third kappa shape index (κ3) is 3.19. The summed E-state index contributed by atoms with van der Waals surface area (Å²) < 4.78 is 16.4. The average Bonchev–Trinajstić information content (AvgIpc) is 3.21. The molecule has 31 heavy (non-hydrogen) atoms. The van der Waals surface area contributed by atoms with Crippen molar-refractivity contribution in [2.24, 2.45) is 0 Å².